The second kappa shape index (κ2) is 7.12. The highest BCUT2D eigenvalue weighted by Gasteiger charge is 2.17. The van der Waals surface area contributed by atoms with E-state index in [0.717, 1.165) is 17.0 Å². The Morgan fingerprint density at radius 3 is 2.33 bits per heavy atom. The van der Waals surface area contributed by atoms with Crippen molar-refractivity contribution < 1.29 is 4.74 Å². The summed E-state index contributed by atoms with van der Waals surface area (Å²) in [6.45, 7) is 4.00. The van der Waals surface area contributed by atoms with Crippen molar-refractivity contribution in [3.05, 3.63) is 57.8 Å². The number of halogens is 2. The maximum absolute atomic E-state index is 6.24. The summed E-state index contributed by atoms with van der Waals surface area (Å²) in [5.74, 6) is 0.846. The summed E-state index contributed by atoms with van der Waals surface area (Å²) in [4.78, 5) is 4.34. The fraction of sp³-hybridized carbons (Fsp3) is 0.312. The minimum absolute atomic E-state index is 0.0946. The third-order valence-electron chi connectivity index (χ3n) is 2.98. The molecule has 0 spiro atoms. The van der Waals surface area contributed by atoms with Crippen molar-refractivity contribution in [3.63, 3.8) is 0 Å². The van der Waals surface area contributed by atoms with E-state index in [1.807, 2.05) is 45.2 Å². The fourth-order valence-electron chi connectivity index (χ4n) is 2.11. The lowest BCUT2D eigenvalue weighted by atomic mass is 10.0. The van der Waals surface area contributed by atoms with Crippen molar-refractivity contribution in [2.75, 3.05) is 7.05 Å². The zero-order valence-electron chi connectivity index (χ0n) is 12.2. The van der Waals surface area contributed by atoms with E-state index in [2.05, 4.69) is 10.3 Å². The summed E-state index contributed by atoms with van der Waals surface area (Å²) in [7, 11) is 1.87. The van der Waals surface area contributed by atoms with Gasteiger partial charge in [-0.3, -0.25) is 4.98 Å². The molecular weight excluding hydrogens is 307 g/mol. The van der Waals surface area contributed by atoms with Crippen molar-refractivity contribution in [2.24, 2.45) is 0 Å². The Bertz CT molecular complexity index is 600. The molecule has 0 aliphatic rings. The van der Waals surface area contributed by atoms with Gasteiger partial charge in [0.15, 0.2) is 0 Å². The maximum atomic E-state index is 6.24. The van der Waals surface area contributed by atoms with Crippen LogP contribution in [0.5, 0.6) is 5.75 Å². The first-order chi connectivity index (χ1) is 10.0. The molecule has 0 bridgehead atoms. The molecule has 112 valence electrons. The largest absolute Gasteiger partial charge is 0.491 e. The molecule has 0 saturated carbocycles. The van der Waals surface area contributed by atoms with Crippen LogP contribution in [0.3, 0.4) is 0 Å². The second-order valence-corrected chi connectivity index (χ2v) is 5.82. The van der Waals surface area contributed by atoms with Crippen LogP contribution in [0.25, 0.3) is 0 Å². The van der Waals surface area contributed by atoms with Gasteiger partial charge >= 0.3 is 0 Å². The SMILES string of the molecule is CNC(c1ccc(OC(C)C)cc1)c1ncc(Cl)cc1Cl. The van der Waals surface area contributed by atoms with Gasteiger partial charge in [0, 0.05) is 6.20 Å². The van der Waals surface area contributed by atoms with Crippen LogP contribution in [0, 0.1) is 0 Å². The first-order valence-corrected chi connectivity index (χ1v) is 7.51. The lowest BCUT2D eigenvalue weighted by Gasteiger charge is -2.18. The molecular formula is C16H18Cl2N2O. The highest BCUT2D eigenvalue weighted by Crippen LogP contribution is 2.29. The quantitative estimate of drug-likeness (QED) is 0.880. The Balaban J connectivity index is 2.28. The Kier molecular flexibility index (Phi) is 5.45. The molecule has 1 atom stereocenters. The summed E-state index contributed by atoms with van der Waals surface area (Å²) in [5.41, 5.74) is 1.81. The molecule has 1 aromatic heterocycles. The molecule has 1 unspecified atom stereocenters. The Hall–Kier alpha value is -1.29. The van der Waals surface area contributed by atoms with E-state index in [1.165, 1.54) is 0 Å². The topological polar surface area (TPSA) is 34.1 Å². The second-order valence-electron chi connectivity index (χ2n) is 4.98. The highest BCUT2D eigenvalue weighted by molar-refractivity contribution is 6.34. The molecule has 1 aromatic carbocycles. The van der Waals surface area contributed by atoms with E-state index in [-0.39, 0.29) is 12.1 Å². The molecule has 0 aliphatic heterocycles. The van der Waals surface area contributed by atoms with Crippen LogP contribution in [-0.2, 0) is 0 Å². The van der Waals surface area contributed by atoms with E-state index in [0.29, 0.717) is 10.0 Å². The highest BCUT2D eigenvalue weighted by atomic mass is 35.5. The average molecular weight is 325 g/mol. The van der Waals surface area contributed by atoms with E-state index in [9.17, 15) is 0 Å². The lowest BCUT2D eigenvalue weighted by Crippen LogP contribution is -2.19. The summed E-state index contributed by atoms with van der Waals surface area (Å²) in [6, 6.07) is 9.51. The predicted octanol–water partition coefficient (Wildman–Crippen LogP) is 4.48. The first-order valence-electron chi connectivity index (χ1n) is 6.76. The van der Waals surface area contributed by atoms with Crippen LogP contribution in [-0.4, -0.2) is 18.1 Å². The molecule has 2 rings (SSSR count). The smallest absolute Gasteiger partial charge is 0.119 e. The molecule has 5 heteroatoms. The fourth-order valence-corrected chi connectivity index (χ4v) is 2.60. The number of ether oxygens (including phenoxy) is 1. The average Bonchev–Trinajstić information content (AvgIpc) is 2.43. The molecule has 1 N–H and O–H groups in total. The monoisotopic (exact) mass is 324 g/mol. The third kappa shape index (κ3) is 4.10. The predicted molar refractivity (Wildman–Crippen MR) is 87.4 cm³/mol. The number of pyridine rings is 1. The Labute approximate surface area is 135 Å². The lowest BCUT2D eigenvalue weighted by molar-refractivity contribution is 0.242. The van der Waals surface area contributed by atoms with Crippen LogP contribution < -0.4 is 10.1 Å². The number of aromatic nitrogens is 1. The standard InChI is InChI=1S/C16H18Cl2N2O/c1-10(2)21-13-6-4-11(5-7-13)15(19-3)16-14(18)8-12(17)9-20-16/h4-10,15,19H,1-3H3. The number of hydrogen-bond acceptors (Lipinski definition) is 3. The van der Waals surface area contributed by atoms with Crippen LogP contribution in [0.1, 0.15) is 31.1 Å². The number of nitrogens with one attached hydrogen (secondary N) is 1. The molecule has 1 heterocycles. The van der Waals surface area contributed by atoms with E-state index in [1.54, 1.807) is 12.3 Å². The van der Waals surface area contributed by atoms with Gasteiger partial charge in [-0.25, -0.2) is 0 Å². The number of benzene rings is 1. The van der Waals surface area contributed by atoms with Gasteiger partial charge in [-0.1, -0.05) is 35.3 Å². The van der Waals surface area contributed by atoms with E-state index in [4.69, 9.17) is 27.9 Å². The van der Waals surface area contributed by atoms with Gasteiger partial charge in [-0.05, 0) is 44.7 Å². The van der Waals surface area contributed by atoms with E-state index < -0.39 is 0 Å². The molecule has 3 nitrogen and oxygen atoms in total. The molecule has 21 heavy (non-hydrogen) atoms. The van der Waals surface area contributed by atoms with Crippen LogP contribution in [0.15, 0.2) is 36.5 Å². The number of hydrogen-bond donors (Lipinski definition) is 1. The molecule has 0 aliphatic carbocycles. The van der Waals surface area contributed by atoms with Gasteiger partial charge in [-0.15, -0.1) is 0 Å². The normalized spacial score (nSPS) is 12.5. The first kappa shape index (κ1) is 16.1. The van der Waals surface area contributed by atoms with Crippen LogP contribution in [0.2, 0.25) is 10.0 Å². The number of rotatable bonds is 5. The molecule has 2 aromatic rings. The van der Waals surface area contributed by atoms with Gasteiger partial charge in [0.2, 0.25) is 0 Å². The summed E-state index contributed by atoms with van der Waals surface area (Å²) < 4.78 is 5.65. The van der Waals surface area contributed by atoms with Crippen molar-refractivity contribution in [1.29, 1.82) is 0 Å². The zero-order valence-corrected chi connectivity index (χ0v) is 13.7. The van der Waals surface area contributed by atoms with Gasteiger partial charge in [-0.2, -0.15) is 0 Å². The molecule has 0 fully saturated rings. The maximum Gasteiger partial charge on any atom is 0.119 e. The molecule has 0 saturated heterocycles. The summed E-state index contributed by atoms with van der Waals surface area (Å²) in [6.07, 6.45) is 1.76. The zero-order chi connectivity index (χ0) is 15.4. The molecule has 0 amide bonds. The van der Waals surface area contributed by atoms with Crippen molar-refractivity contribution in [1.82, 2.24) is 10.3 Å². The van der Waals surface area contributed by atoms with Crippen LogP contribution in [0.4, 0.5) is 0 Å². The van der Waals surface area contributed by atoms with Gasteiger partial charge in [0.25, 0.3) is 0 Å². The van der Waals surface area contributed by atoms with Gasteiger partial charge < -0.3 is 10.1 Å². The van der Waals surface area contributed by atoms with Crippen molar-refractivity contribution >= 4 is 23.2 Å². The summed E-state index contributed by atoms with van der Waals surface area (Å²) >= 11 is 12.1. The molecule has 0 radical (unpaired) electrons. The Morgan fingerprint density at radius 2 is 1.81 bits per heavy atom. The summed E-state index contributed by atoms with van der Waals surface area (Å²) in [5, 5.41) is 4.30. The van der Waals surface area contributed by atoms with Gasteiger partial charge in [0.1, 0.15) is 5.75 Å². The van der Waals surface area contributed by atoms with Crippen molar-refractivity contribution in [2.45, 2.75) is 26.0 Å². The number of nitrogens with zero attached hydrogens (tertiary/aromatic N) is 1. The minimum Gasteiger partial charge on any atom is -0.491 e. The minimum atomic E-state index is -0.0946. The van der Waals surface area contributed by atoms with E-state index >= 15 is 0 Å². The van der Waals surface area contributed by atoms with Crippen LogP contribution >= 0.6 is 23.2 Å². The third-order valence-corrected chi connectivity index (χ3v) is 3.49. The van der Waals surface area contributed by atoms with Gasteiger partial charge in [0.05, 0.1) is 27.9 Å². The van der Waals surface area contributed by atoms with Crippen molar-refractivity contribution in [3.8, 4) is 5.75 Å². The Morgan fingerprint density at radius 1 is 1.14 bits per heavy atom.